The van der Waals surface area contributed by atoms with E-state index in [9.17, 15) is 0 Å². The van der Waals surface area contributed by atoms with Crippen LogP contribution in [-0.2, 0) is 24.2 Å². The molecule has 1 aromatic rings. The van der Waals surface area contributed by atoms with Gasteiger partial charge in [-0.2, -0.15) is 0 Å². The molecule has 1 saturated carbocycles. The average molecular weight is 417 g/mol. The summed E-state index contributed by atoms with van der Waals surface area (Å²) >= 11 is 0. The van der Waals surface area contributed by atoms with Gasteiger partial charge in [0.1, 0.15) is 6.61 Å². The fourth-order valence-corrected chi connectivity index (χ4v) is 4.56. The van der Waals surface area contributed by atoms with Gasteiger partial charge >= 0.3 is 7.12 Å². The molecule has 3 aliphatic rings. The molecule has 3 fully saturated rings. The number of rotatable bonds is 6. The minimum absolute atomic E-state index is 0.0142. The predicted octanol–water partition coefficient (Wildman–Crippen LogP) is 3.11. The van der Waals surface area contributed by atoms with E-state index in [0.29, 0.717) is 37.5 Å². The van der Waals surface area contributed by atoms with E-state index in [1.54, 1.807) is 0 Å². The third kappa shape index (κ3) is 3.79. The highest BCUT2D eigenvalue weighted by Crippen LogP contribution is 2.62. The summed E-state index contributed by atoms with van der Waals surface area (Å²) in [5.74, 6) is 1.67. The van der Waals surface area contributed by atoms with E-state index in [1.807, 2.05) is 26.8 Å². The van der Waals surface area contributed by atoms with Crippen molar-refractivity contribution in [3.63, 3.8) is 0 Å². The Morgan fingerprint density at radius 1 is 1.10 bits per heavy atom. The van der Waals surface area contributed by atoms with Crippen LogP contribution in [0.25, 0.3) is 0 Å². The summed E-state index contributed by atoms with van der Waals surface area (Å²) in [4.78, 5) is 4.89. The van der Waals surface area contributed by atoms with E-state index in [1.165, 1.54) is 0 Å². The minimum atomic E-state index is -0.448. The van der Waals surface area contributed by atoms with Gasteiger partial charge in [0.05, 0.1) is 42.3 Å². The van der Waals surface area contributed by atoms with Crippen LogP contribution < -0.4 is 10.2 Å². The largest absolute Gasteiger partial charge is 0.495 e. The maximum Gasteiger partial charge on any atom is 0.495 e. The molecule has 7 heteroatoms. The summed E-state index contributed by atoms with van der Waals surface area (Å²) in [5, 5.41) is 0. The molecule has 6 nitrogen and oxygen atoms in total. The minimum Gasteiger partial charge on any atom is -0.475 e. The van der Waals surface area contributed by atoms with Gasteiger partial charge in [0.2, 0.25) is 5.88 Å². The number of aromatic nitrogens is 1. The maximum absolute atomic E-state index is 6.30. The van der Waals surface area contributed by atoms with Crippen LogP contribution in [0.1, 0.15) is 61.1 Å². The summed E-state index contributed by atoms with van der Waals surface area (Å²) in [6.07, 6.45) is 0. The van der Waals surface area contributed by atoms with E-state index < -0.39 is 18.3 Å². The average Bonchev–Trinajstić information content (AvgIpc) is 2.93. The van der Waals surface area contributed by atoms with Crippen molar-refractivity contribution in [1.29, 1.82) is 0 Å². The lowest BCUT2D eigenvalue weighted by Crippen LogP contribution is -2.41. The van der Waals surface area contributed by atoms with Crippen molar-refractivity contribution in [1.82, 2.24) is 4.98 Å². The molecule has 30 heavy (non-hydrogen) atoms. The predicted molar refractivity (Wildman–Crippen MR) is 116 cm³/mol. The number of hydrogen-bond acceptors (Lipinski definition) is 6. The monoisotopic (exact) mass is 417 g/mol. The van der Waals surface area contributed by atoms with E-state index in [-0.39, 0.29) is 11.0 Å². The van der Waals surface area contributed by atoms with E-state index in [4.69, 9.17) is 28.5 Å². The third-order valence-electron chi connectivity index (χ3n) is 7.30. The smallest absolute Gasteiger partial charge is 0.475 e. The summed E-state index contributed by atoms with van der Waals surface area (Å²) in [6, 6.07) is 4.07. The molecule has 0 radical (unpaired) electrons. The molecule has 2 saturated heterocycles. The normalized spacial score (nSPS) is 31.7. The quantitative estimate of drug-likeness (QED) is 0.524. The lowest BCUT2D eigenvalue weighted by atomic mass is 9.78. The van der Waals surface area contributed by atoms with Crippen LogP contribution in [0.5, 0.6) is 5.88 Å². The van der Waals surface area contributed by atoms with Gasteiger partial charge in [0.25, 0.3) is 0 Å². The molecule has 0 N–H and O–H groups in total. The van der Waals surface area contributed by atoms with Crippen molar-refractivity contribution in [2.75, 3.05) is 26.4 Å². The molecule has 0 aromatic carbocycles. The van der Waals surface area contributed by atoms with Crippen molar-refractivity contribution >= 4 is 12.6 Å². The van der Waals surface area contributed by atoms with Crippen LogP contribution >= 0.6 is 0 Å². The molecule has 1 aromatic heterocycles. The van der Waals surface area contributed by atoms with Gasteiger partial charge in [-0.1, -0.05) is 6.92 Å². The Balaban J connectivity index is 1.59. The fraction of sp³-hybridized carbons (Fsp3) is 0.783. The fourth-order valence-electron chi connectivity index (χ4n) is 4.56. The molecule has 3 atom stereocenters. The van der Waals surface area contributed by atoms with Gasteiger partial charge in [-0.05, 0) is 71.8 Å². The van der Waals surface area contributed by atoms with Gasteiger partial charge in [-0.15, -0.1) is 0 Å². The van der Waals surface area contributed by atoms with Crippen molar-refractivity contribution in [2.45, 2.75) is 77.6 Å². The number of nitrogens with zero attached hydrogens (tertiary/aromatic N) is 1. The lowest BCUT2D eigenvalue weighted by Gasteiger charge is -2.32. The molecular formula is C23H36BNO5. The molecule has 0 amide bonds. The molecular weight excluding hydrogens is 381 g/mol. The zero-order chi connectivity index (χ0) is 21.9. The molecule has 3 heterocycles. The van der Waals surface area contributed by atoms with Crippen LogP contribution in [0.4, 0.5) is 0 Å². The van der Waals surface area contributed by atoms with Crippen molar-refractivity contribution in [3.8, 4) is 5.88 Å². The van der Waals surface area contributed by atoms with E-state index in [2.05, 4.69) is 40.7 Å². The van der Waals surface area contributed by atoms with Crippen LogP contribution in [0.3, 0.4) is 0 Å². The molecule has 166 valence electrons. The van der Waals surface area contributed by atoms with Gasteiger partial charge in [-0.3, -0.25) is 0 Å². The van der Waals surface area contributed by atoms with Gasteiger partial charge in [-0.25, -0.2) is 4.98 Å². The second-order valence-electron chi connectivity index (χ2n) is 11.0. The SMILES string of the molecule is C[C@@H]1[C@@H]2COC[C@]12c1cc(B2OC(C)(C)C(C)(C)O2)cc(OCCOC(C)(C)C)n1. The Hall–Kier alpha value is -1.15. The van der Waals surface area contributed by atoms with Gasteiger partial charge in [0.15, 0.2) is 0 Å². The lowest BCUT2D eigenvalue weighted by molar-refractivity contribution is -0.0168. The van der Waals surface area contributed by atoms with Crippen LogP contribution in [0.15, 0.2) is 12.1 Å². The van der Waals surface area contributed by atoms with Crippen molar-refractivity contribution in [2.24, 2.45) is 11.8 Å². The van der Waals surface area contributed by atoms with Crippen LogP contribution in [0, 0.1) is 11.8 Å². The Labute approximate surface area is 181 Å². The highest BCUT2D eigenvalue weighted by atomic mass is 16.7. The molecule has 0 unspecified atom stereocenters. The Morgan fingerprint density at radius 2 is 1.77 bits per heavy atom. The summed E-state index contributed by atoms with van der Waals surface area (Å²) in [6.45, 7) is 19.1. The summed E-state index contributed by atoms with van der Waals surface area (Å²) < 4.78 is 30.2. The first kappa shape index (κ1) is 22.1. The zero-order valence-corrected chi connectivity index (χ0v) is 19.7. The Morgan fingerprint density at radius 3 is 2.33 bits per heavy atom. The number of hydrogen-bond donors (Lipinski definition) is 0. The van der Waals surface area contributed by atoms with Crippen molar-refractivity contribution in [3.05, 3.63) is 17.8 Å². The standard InChI is InChI=1S/C23H36BNO5/c1-15-17-13-26-14-23(15,17)18-11-16(24-29-21(5,6)22(7,8)30-24)12-19(25-18)27-9-10-28-20(2,3)4/h11-12,15,17H,9-10,13-14H2,1-8H3/t15-,17+,23+/m1/s1. The van der Waals surface area contributed by atoms with Gasteiger partial charge in [0, 0.05) is 11.5 Å². The third-order valence-corrected chi connectivity index (χ3v) is 7.30. The Bertz CT molecular complexity index is 789. The first-order valence-electron chi connectivity index (χ1n) is 11.1. The highest BCUT2D eigenvalue weighted by molar-refractivity contribution is 6.62. The number of ether oxygens (including phenoxy) is 3. The van der Waals surface area contributed by atoms with Crippen molar-refractivity contribution < 1.29 is 23.5 Å². The highest BCUT2D eigenvalue weighted by Gasteiger charge is 2.67. The zero-order valence-electron chi connectivity index (χ0n) is 19.7. The van der Waals surface area contributed by atoms with E-state index in [0.717, 1.165) is 17.8 Å². The second kappa shape index (κ2) is 7.19. The molecule has 0 bridgehead atoms. The van der Waals surface area contributed by atoms with Gasteiger partial charge < -0.3 is 23.5 Å². The molecule has 0 spiro atoms. The molecule has 4 rings (SSSR count). The first-order chi connectivity index (χ1) is 13.9. The van der Waals surface area contributed by atoms with Crippen LogP contribution in [-0.4, -0.2) is 55.3 Å². The van der Waals surface area contributed by atoms with E-state index >= 15 is 0 Å². The molecule has 2 aliphatic heterocycles. The summed E-state index contributed by atoms with van der Waals surface area (Å²) in [5.41, 5.74) is 0.976. The number of pyridine rings is 1. The Kier molecular flexibility index (Phi) is 5.29. The van der Waals surface area contributed by atoms with Crippen LogP contribution in [0.2, 0.25) is 0 Å². The summed E-state index contributed by atoms with van der Waals surface area (Å²) in [7, 11) is -0.448. The topological polar surface area (TPSA) is 59.0 Å². The second-order valence-corrected chi connectivity index (χ2v) is 11.0. The molecule has 1 aliphatic carbocycles. The number of fused-ring (bicyclic) bond motifs is 1. The maximum atomic E-state index is 6.30. The first-order valence-corrected chi connectivity index (χ1v) is 11.1.